The molecule has 1 aromatic rings. The van der Waals surface area contributed by atoms with Gasteiger partial charge in [-0.2, -0.15) is 0 Å². The van der Waals surface area contributed by atoms with Gasteiger partial charge in [0.15, 0.2) is 0 Å². The minimum atomic E-state index is 0.327. The third-order valence-electron chi connectivity index (χ3n) is 2.39. The van der Waals surface area contributed by atoms with Gasteiger partial charge in [-0.3, -0.25) is 0 Å². The highest BCUT2D eigenvalue weighted by molar-refractivity contribution is 9.08. The zero-order valence-corrected chi connectivity index (χ0v) is 9.61. The van der Waals surface area contributed by atoms with E-state index in [-0.39, 0.29) is 0 Å². The molecule has 0 bridgehead atoms. The Hall–Kier alpha value is -0.420. The Balaban J connectivity index is 1.89. The fourth-order valence-corrected chi connectivity index (χ4v) is 1.91. The normalized spacial score (nSPS) is 22.5. The lowest BCUT2D eigenvalue weighted by Crippen LogP contribution is -2.24. The minimum Gasteiger partial charge on any atom is -0.376 e. The van der Waals surface area contributed by atoms with Crippen LogP contribution in [0, 0.1) is 0 Å². The van der Waals surface area contributed by atoms with Gasteiger partial charge in [0.05, 0.1) is 18.3 Å². The molecule has 1 aromatic heterocycles. The molecule has 0 spiro atoms. The van der Waals surface area contributed by atoms with Gasteiger partial charge in [-0.05, 0) is 19.3 Å². The lowest BCUT2D eigenvalue weighted by molar-refractivity contribution is 0.00370. The van der Waals surface area contributed by atoms with Crippen LogP contribution >= 0.6 is 15.9 Å². The number of hydrogen-bond acceptors (Lipinski definition) is 3. The summed E-state index contributed by atoms with van der Waals surface area (Å²) in [7, 11) is 0. The van der Waals surface area contributed by atoms with Crippen LogP contribution in [0.5, 0.6) is 0 Å². The summed E-state index contributed by atoms with van der Waals surface area (Å²) >= 11 is 3.35. The molecule has 1 aliphatic rings. The van der Waals surface area contributed by atoms with Gasteiger partial charge in [0, 0.05) is 18.1 Å². The van der Waals surface area contributed by atoms with E-state index in [1.54, 1.807) is 0 Å². The molecule has 2 heterocycles. The van der Waals surface area contributed by atoms with E-state index in [4.69, 9.17) is 4.74 Å². The van der Waals surface area contributed by atoms with Crippen molar-refractivity contribution in [1.29, 1.82) is 0 Å². The van der Waals surface area contributed by atoms with Gasteiger partial charge < -0.3 is 4.74 Å². The standard InChI is InChI=1S/C9H14BrN3O/c10-5-8-6-13(12-11-8)7-9-3-1-2-4-14-9/h6,9H,1-5,7H2. The van der Waals surface area contributed by atoms with Gasteiger partial charge >= 0.3 is 0 Å². The smallest absolute Gasteiger partial charge is 0.0932 e. The molecular weight excluding hydrogens is 246 g/mol. The van der Waals surface area contributed by atoms with Crippen molar-refractivity contribution in [3.63, 3.8) is 0 Å². The molecule has 0 aromatic carbocycles. The van der Waals surface area contributed by atoms with Crippen molar-refractivity contribution in [1.82, 2.24) is 15.0 Å². The summed E-state index contributed by atoms with van der Waals surface area (Å²) in [6.45, 7) is 1.73. The first-order valence-corrected chi connectivity index (χ1v) is 6.07. The maximum Gasteiger partial charge on any atom is 0.0932 e. The molecule has 2 rings (SSSR count). The lowest BCUT2D eigenvalue weighted by Gasteiger charge is -2.21. The molecule has 78 valence electrons. The van der Waals surface area contributed by atoms with Crippen molar-refractivity contribution >= 4 is 15.9 Å². The summed E-state index contributed by atoms with van der Waals surface area (Å²) in [5.41, 5.74) is 0.973. The van der Waals surface area contributed by atoms with E-state index in [1.165, 1.54) is 12.8 Å². The maximum atomic E-state index is 5.62. The van der Waals surface area contributed by atoms with E-state index in [9.17, 15) is 0 Å². The van der Waals surface area contributed by atoms with Gasteiger partial charge in [0.1, 0.15) is 0 Å². The van der Waals surface area contributed by atoms with Gasteiger partial charge in [-0.25, -0.2) is 4.68 Å². The number of hydrogen-bond donors (Lipinski definition) is 0. The Kier molecular flexibility index (Phi) is 3.53. The minimum absolute atomic E-state index is 0.327. The molecule has 1 aliphatic heterocycles. The Labute approximate surface area is 91.8 Å². The number of rotatable bonds is 3. The second kappa shape index (κ2) is 4.89. The molecule has 0 amide bonds. The van der Waals surface area contributed by atoms with Crippen LogP contribution in [0.4, 0.5) is 0 Å². The summed E-state index contributed by atoms with van der Waals surface area (Å²) < 4.78 is 7.49. The van der Waals surface area contributed by atoms with Crippen LogP contribution in [0.15, 0.2) is 6.20 Å². The molecule has 1 atom stereocenters. The Morgan fingerprint density at radius 3 is 3.14 bits per heavy atom. The van der Waals surface area contributed by atoms with Crippen LogP contribution in [0.25, 0.3) is 0 Å². The molecule has 4 nitrogen and oxygen atoms in total. The topological polar surface area (TPSA) is 39.9 Å². The maximum absolute atomic E-state index is 5.62. The fraction of sp³-hybridized carbons (Fsp3) is 0.778. The van der Waals surface area contributed by atoms with E-state index >= 15 is 0 Å². The molecule has 0 aliphatic carbocycles. The zero-order chi connectivity index (χ0) is 9.80. The van der Waals surface area contributed by atoms with Crippen LogP contribution in [-0.2, 0) is 16.6 Å². The van der Waals surface area contributed by atoms with Crippen LogP contribution in [0.1, 0.15) is 25.0 Å². The Morgan fingerprint density at radius 1 is 1.57 bits per heavy atom. The number of alkyl halides is 1. The number of nitrogens with zero attached hydrogens (tertiary/aromatic N) is 3. The van der Waals surface area contributed by atoms with Crippen LogP contribution in [-0.4, -0.2) is 27.7 Å². The molecule has 5 heteroatoms. The van der Waals surface area contributed by atoms with Crippen LogP contribution in [0.3, 0.4) is 0 Å². The second-order valence-corrected chi connectivity index (χ2v) is 4.11. The highest BCUT2D eigenvalue weighted by Gasteiger charge is 2.14. The van der Waals surface area contributed by atoms with E-state index in [0.717, 1.165) is 30.6 Å². The van der Waals surface area contributed by atoms with Crippen LogP contribution in [0.2, 0.25) is 0 Å². The van der Waals surface area contributed by atoms with Gasteiger partial charge in [-0.15, -0.1) is 5.10 Å². The van der Waals surface area contributed by atoms with E-state index in [2.05, 4.69) is 26.2 Å². The number of halogens is 1. The molecule has 14 heavy (non-hydrogen) atoms. The third-order valence-corrected chi connectivity index (χ3v) is 2.96. The highest BCUT2D eigenvalue weighted by Crippen LogP contribution is 2.14. The van der Waals surface area contributed by atoms with E-state index < -0.39 is 0 Å². The van der Waals surface area contributed by atoms with E-state index in [0.29, 0.717) is 6.10 Å². The predicted octanol–water partition coefficient (Wildman–Crippen LogP) is 1.74. The average Bonchev–Trinajstić information content (AvgIpc) is 2.67. The van der Waals surface area contributed by atoms with Gasteiger partial charge in [0.2, 0.25) is 0 Å². The first kappa shape index (κ1) is 10.1. The number of aromatic nitrogens is 3. The summed E-state index contributed by atoms with van der Waals surface area (Å²) in [5.74, 6) is 0. The molecule has 0 N–H and O–H groups in total. The molecular formula is C9H14BrN3O. The molecule has 1 fully saturated rings. The van der Waals surface area contributed by atoms with Crippen molar-refractivity contribution in [2.75, 3.05) is 6.61 Å². The van der Waals surface area contributed by atoms with Crippen molar-refractivity contribution in [3.8, 4) is 0 Å². The SMILES string of the molecule is BrCc1cn(CC2CCCCO2)nn1. The largest absolute Gasteiger partial charge is 0.376 e. The summed E-state index contributed by atoms with van der Waals surface area (Å²) in [4.78, 5) is 0. The van der Waals surface area contributed by atoms with Gasteiger partial charge in [0.25, 0.3) is 0 Å². The highest BCUT2D eigenvalue weighted by atomic mass is 79.9. The van der Waals surface area contributed by atoms with Crippen molar-refractivity contribution in [2.24, 2.45) is 0 Å². The Bertz CT molecular complexity index is 283. The van der Waals surface area contributed by atoms with E-state index in [1.807, 2.05) is 10.9 Å². The Morgan fingerprint density at radius 2 is 2.50 bits per heavy atom. The van der Waals surface area contributed by atoms with Crippen molar-refractivity contribution < 1.29 is 4.74 Å². The monoisotopic (exact) mass is 259 g/mol. The second-order valence-electron chi connectivity index (χ2n) is 3.55. The summed E-state index contributed by atoms with van der Waals surface area (Å²) in [5, 5.41) is 8.81. The van der Waals surface area contributed by atoms with Crippen molar-refractivity contribution in [2.45, 2.75) is 37.2 Å². The zero-order valence-electron chi connectivity index (χ0n) is 8.03. The molecule has 0 saturated carbocycles. The summed E-state index contributed by atoms with van der Waals surface area (Å²) in [6.07, 6.45) is 5.90. The fourth-order valence-electron chi connectivity index (χ4n) is 1.65. The molecule has 1 saturated heterocycles. The number of ether oxygens (including phenoxy) is 1. The van der Waals surface area contributed by atoms with Gasteiger partial charge in [-0.1, -0.05) is 21.1 Å². The summed E-state index contributed by atoms with van der Waals surface area (Å²) in [6, 6.07) is 0. The quantitative estimate of drug-likeness (QED) is 0.777. The molecule has 0 radical (unpaired) electrons. The third kappa shape index (κ3) is 2.54. The molecule has 1 unspecified atom stereocenters. The lowest BCUT2D eigenvalue weighted by atomic mass is 10.1. The first-order valence-electron chi connectivity index (χ1n) is 4.95. The first-order chi connectivity index (χ1) is 6.88. The van der Waals surface area contributed by atoms with Crippen molar-refractivity contribution in [3.05, 3.63) is 11.9 Å². The van der Waals surface area contributed by atoms with Crippen LogP contribution < -0.4 is 0 Å². The average molecular weight is 260 g/mol. The predicted molar refractivity (Wildman–Crippen MR) is 56.2 cm³/mol.